The predicted molar refractivity (Wildman–Crippen MR) is 67.4 cm³/mol. The van der Waals surface area contributed by atoms with E-state index in [1.807, 2.05) is 5.32 Å². The van der Waals surface area contributed by atoms with E-state index in [0.29, 0.717) is 18.5 Å². The van der Waals surface area contributed by atoms with E-state index in [1.165, 1.54) is 11.1 Å². The van der Waals surface area contributed by atoms with E-state index < -0.39 is 18.1 Å². The van der Waals surface area contributed by atoms with Gasteiger partial charge in [0.05, 0.1) is 0 Å². The first-order chi connectivity index (χ1) is 9.88. The molecule has 0 spiro atoms. The van der Waals surface area contributed by atoms with Gasteiger partial charge in [-0.3, -0.25) is 14.6 Å². The Hall–Kier alpha value is -2.12. The molecule has 2 heterocycles. The summed E-state index contributed by atoms with van der Waals surface area (Å²) in [5, 5.41) is 1.94. The number of rotatable bonds is 2. The highest BCUT2D eigenvalue weighted by atomic mass is 19.4. The number of pyridine rings is 1. The minimum Gasteiger partial charge on any atom is -0.345 e. The largest absolute Gasteiger partial charge is 0.471 e. The van der Waals surface area contributed by atoms with Gasteiger partial charge in [0.2, 0.25) is 0 Å². The van der Waals surface area contributed by atoms with Gasteiger partial charge in [-0.15, -0.1) is 0 Å². The van der Waals surface area contributed by atoms with E-state index >= 15 is 0 Å². The van der Waals surface area contributed by atoms with Crippen LogP contribution < -0.4 is 5.32 Å². The Morgan fingerprint density at radius 1 is 1.24 bits per heavy atom. The lowest BCUT2D eigenvalue weighted by Gasteiger charge is -2.32. The average molecular weight is 301 g/mol. The highest BCUT2D eigenvalue weighted by Gasteiger charge is 2.40. The molecule has 0 saturated carbocycles. The minimum absolute atomic E-state index is 0.254. The lowest BCUT2D eigenvalue weighted by Crippen LogP contribution is -2.49. The van der Waals surface area contributed by atoms with Crippen LogP contribution in [0.15, 0.2) is 24.4 Å². The Balaban J connectivity index is 1.86. The summed E-state index contributed by atoms with van der Waals surface area (Å²) in [5.41, 5.74) is 0.301. The SMILES string of the molecule is O=C(c1ccccn1)N1CCC(NC(=O)C(F)(F)F)CC1. The topological polar surface area (TPSA) is 62.3 Å². The van der Waals surface area contributed by atoms with Crippen LogP contribution in [0, 0.1) is 0 Å². The lowest BCUT2D eigenvalue weighted by atomic mass is 10.0. The second kappa shape index (κ2) is 6.11. The van der Waals surface area contributed by atoms with Gasteiger partial charge in [0, 0.05) is 25.3 Å². The summed E-state index contributed by atoms with van der Waals surface area (Å²) in [7, 11) is 0. The molecular weight excluding hydrogens is 287 g/mol. The molecule has 1 aliphatic heterocycles. The van der Waals surface area contributed by atoms with Gasteiger partial charge in [0.25, 0.3) is 5.91 Å². The van der Waals surface area contributed by atoms with Crippen molar-refractivity contribution in [3.05, 3.63) is 30.1 Å². The van der Waals surface area contributed by atoms with Gasteiger partial charge in [0.1, 0.15) is 5.69 Å². The molecule has 1 N–H and O–H groups in total. The number of carbonyl (C=O) groups excluding carboxylic acids is 2. The van der Waals surface area contributed by atoms with Crippen molar-refractivity contribution in [1.82, 2.24) is 15.2 Å². The van der Waals surface area contributed by atoms with Crippen molar-refractivity contribution >= 4 is 11.8 Å². The van der Waals surface area contributed by atoms with Crippen LogP contribution in [0.25, 0.3) is 0 Å². The molecule has 0 bridgehead atoms. The molecule has 0 atom stereocenters. The number of likely N-dealkylation sites (tertiary alicyclic amines) is 1. The fraction of sp³-hybridized carbons (Fsp3) is 0.462. The second-order valence-electron chi connectivity index (χ2n) is 4.75. The fourth-order valence-electron chi connectivity index (χ4n) is 2.15. The third-order valence-corrected chi connectivity index (χ3v) is 3.26. The van der Waals surface area contributed by atoms with Crippen LogP contribution in [0.1, 0.15) is 23.3 Å². The first-order valence-corrected chi connectivity index (χ1v) is 6.46. The third-order valence-electron chi connectivity index (χ3n) is 3.26. The zero-order chi connectivity index (χ0) is 15.5. The number of amides is 2. The summed E-state index contributed by atoms with van der Waals surface area (Å²) in [5.74, 6) is -2.19. The van der Waals surface area contributed by atoms with Gasteiger partial charge < -0.3 is 10.2 Å². The fourth-order valence-corrected chi connectivity index (χ4v) is 2.15. The van der Waals surface area contributed by atoms with E-state index in [0.717, 1.165) is 0 Å². The van der Waals surface area contributed by atoms with E-state index in [4.69, 9.17) is 0 Å². The van der Waals surface area contributed by atoms with Crippen molar-refractivity contribution in [2.45, 2.75) is 25.1 Å². The van der Waals surface area contributed by atoms with Gasteiger partial charge in [0.15, 0.2) is 0 Å². The maximum absolute atomic E-state index is 12.1. The van der Waals surface area contributed by atoms with Gasteiger partial charge >= 0.3 is 12.1 Å². The molecule has 2 rings (SSSR count). The first kappa shape index (κ1) is 15.3. The number of alkyl halides is 3. The number of aromatic nitrogens is 1. The van der Waals surface area contributed by atoms with Gasteiger partial charge in [-0.25, -0.2) is 0 Å². The van der Waals surface area contributed by atoms with Crippen LogP contribution in [0.4, 0.5) is 13.2 Å². The minimum atomic E-state index is -4.87. The molecule has 0 aromatic carbocycles. The third kappa shape index (κ3) is 3.93. The predicted octanol–water partition coefficient (Wildman–Crippen LogP) is 1.36. The highest BCUT2D eigenvalue weighted by Crippen LogP contribution is 2.18. The quantitative estimate of drug-likeness (QED) is 0.897. The summed E-state index contributed by atoms with van der Waals surface area (Å²) in [6.45, 7) is 0.580. The smallest absolute Gasteiger partial charge is 0.345 e. The monoisotopic (exact) mass is 301 g/mol. The normalized spacial score (nSPS) is 16.6. The molecule has 8 heteroatoms. The van der Waals surface area contributed by atoms with Gasteiger partial charge in [-0.2, -0.15) is 13.2 Å². The van der Waals surface area contributed by atoms with Crippen molar-refractivity contribution in [2.75, 3.05) is 13.1 Å². The standard InChI is InChI=1S/C13H14F3N3O2/c14-13(15,16)12(21)18-9-4-7-19(8-5-9)11(20)10-3-1-2-6-17-10/h1-3,6,9H,4-5,7-8H2,(H,18,21). The molecule has 0 radical (unpaired) electrons. The molecule has 1 aliphatic rings. The van der Waals surface area contributed by atoms with Crippen LogP contribution in [0.3, 0.4) is 0 Å². The lowest BCUT2D eigenvalue weighted by molar-refractivity contribution is -0.174. The molecular formula is C13H14F3N3O2. The summed E-state index contributed by atoms with van der Waals surface area (Å²) in [4.78, 5) is 28.4. The molecule has 0 unspecified atom stereocenters. The van der Waals surface area contributed by atoms with Crippen LogP contribution in [0.5, 0.6) is 0 Å². The van der Waals surface area contributed by atoms with Crippen molar-refractivity contribution in [3.8, 4) is 0 Å². The summed E-state index contributed by atoms with van der Waals surface area (Å²) in [6.07, 6.45) is -2.79. The van der Waals surface area contributed by atoms with Gasteiger partial charge in [-0.05, 0) is 25.0 Å². The van der Waals surface area contributed by atoms with Crippen molar-refractivity contribution in [3.63, 3.8) is 0 Å². The van der Waals surface area contributed by atoms with Crippen molar-refractivity contribution < 1.29 is 22.8 Å². The second-order valence-corrected chi connectivity index (χ2v) is 4.75. The Morgan fingerprint density at radius 2 is 1.90 bits per heavy atom. The number of nitrogens with one attached hydrogen (secondary N) is 1. The number of hydrogen-bond acceptors (Lipinski definition) is 3. The Morgan fingerprint density at radius 3 is 2.43 bits per heavy atom. The summed E-state index contributed by atoms with van der Waals surface area (Å²) in [6, 6.07) is 4.40. The molecule has 21 heavy (non-hydrogen) atoms. The van der Waals surface area contributed by atoms with E-state index in [-0.39, 0.29) is 19.0 Å². The van der Waals surface area contributed by atoms with Gasteiger partial charge in [-0.1, -0.05) is 6.07 Å². The molecule has 1 aromatic heterocycles. The Labute approximate surface area is 119 Å². The Kier molecular flexibility index (Phi) is 4.44. The van der Waals surface area contributed by atoms with Crippen LogP contribution in [-0.2, 0) is 4.79 Å². The number of hydrogen-bond donors (Lipinski definition) is 1. The molecule has 1 saturated heterocycles. The highest BCUT2D eigenvalue weighted by molar-refractivity contribution is 5.92. The van der Waals surface area contributed by atoms with E-state index in [2.05, 4.69) is 4.98 Å². The summed E-state index contributed by atoms with van der Waals surface area (Å²) >= 11 is 0. The zero-order valence-corrected chi connectivity index (χ0v) is 11.1. The van der Waals surface area contributed by atoms with Crippen LogP contribution in [-0.4, -0.2) is 47.0 Å². The number of halogens is 3. The number of carbonyl (C=O) groups is 2. The van der Waals surface area contributed by atoms with Crippen molar-refractivity contribution in [2.24, 2.45) is 0 Å². The molecule has 0 aliphatic carbocycles. The Bertz CT molecular complexity index is 511. The maximum Gasteiger partial charge on any atom is 0.471 e. The molecule has 1 fully saturated rings. The van der Waals surface area contributed by atoms with Crippen molar-refractivity contribution in [1.29, 1.82) is 0 Å². The first-order valence-electron chi connectivity index (χ1n) is 6.46. The number of piperidine rings is 1. The van der Waals surface area contributed by atoms with Crippen LogP contribution in [0.2, 0.25) is 0 Å². The summed E-state index contributed by atoms with van der Waals surface area (Å²) < 4.78 is 36.4. The van der Waals surface area contributed by atoms with E-state index in [1.54, 1.807) is 18.2 Å². The molecule has 114 valence electrons. The van der Waals surface area contributed by atoms with E-state index in [9.17, 15) is 22.8 Å². The molecule has 1 aromatic rings. The molecule has 2 amide bonds. The maximum atomic E-state index is 12.1. The average Bonchev–Trinajstić information content (AvgIpc) is 2.47. The van der Waals surface area contributed by atoms with Crippen LogP contribution >= 0.6 is 0 Å². The number of nitrogens with zero attached hydrogens (tertiary/aromatic N) is 2. The zero-order valence-electron chi connectivity index (χ0n) is 11.1. The molecule has 5 nitrogen and oxygen atoms in total.